The second-order valence-corrected chi connectivity index (χ2v) is 5.07. The van der Waals surface area contributed by atoms with E-state index in [9.17, 15) is 5.26 Å². The molecule has 4 heteroatoms. The molecule has 104 valence electrons. The molecule has 4 nitrogen and oxygen atoms in total. The molecule has 0 spiro atoms. The zero-order chi connectivity index (χ0) is 14.9. The molecule has 0 bridgehead atoms. The van der Waals surface area contributed by atoms with Gasteiger partial charge in [-0.3, -0.25) is 0 Å². The zero-order valence-corrected chi connectivity index (χ0v) is 11.7. The summed E-state index contributed by atoms with van der Waals surface area (Å²) < 4.78 is 1.76. The van der Waals surface area contributed by atoms with Gasteiger partial charge in [0, 0.05) is 23.5 Å². The molecule has 0 aliphatic carbocycles. The molecule has 22 heavy (non-hydrogen) atoms. The molecule has 0 saturated heterocycles. The minimum Gasteiger partial charge on any atom is -0.353 e. The molecule has 4 rings (SSSR count). The quantitative estimate of drug-likeness (QED) is 0.607. The van der Waals surface area contributed by atoms with Gasteiger partial charge in [0.1, 0.15) is 6.07 Å². The lowest BCUT2D eigenvalue weighted by Crippen LogP contribution is -1.95. The molecule has 0 unspecified atom stereocenters. The van der Waals surface area contributed by atoms with E-state index in [-0.39, 0.29) is 0 Å². The van der Waals surface area contributed by atoms with Crippen LogP contribution in [-0.4, -0.2) is 14.8 Å². The summed E-state index contributed by atoms with van der Waals surface area (Å²) in [6, 6.07) is 20.2. The van der Waals surface area contributed by atoms with Gasteiger partial charge in [-0.1, -0.05) is 30.3 Å². The number of benzene rings is 2. The van der Waals surface area contributed by atoms with Gasteiger partial charge in [-0.05, 0) is 29.8 Å². The number of aromatic amines is 1. The molecule has 2 aromatic heterocycles. The number of rotatable bonds is 2. The van der Waals surface area contributed by atoms with Crippen LogP contribution in [0.1, 0.15) is 5.56 Å². The smallest absolute Gasteiger partial charge is 0.101 e. The van der Waals surface area contributed by atoms with Gasteiger partial charge < -0.3 is 4.98 Å². The van der Waals surface area contributed by atoms with Gasteiger partial charge in [0.25, 0.3) is 0 Å². The van der Waals surface area contributed by atoms with Crippen LogP contribution in [0.3, 0.4) is 0 Å². The van der Waals surface area contributed by atoms with Crippen molar-refractivity contribution in [2.75, 3.05) is 0 Å². The average Bonchev–Trinajstić information content (AvgIpc) is 3.24. The summed E-state index contributed by atoms with van der Waals surface area (Å²) in [6.45, 7) is 0. The largest absolute Gasteiger partial charge is 0.353 e. The predicted molar refractivity (Wildman–Crippen MR) is 85.6 cm³/mol. The molecule has 0 aliphatic rings. The van der Waals surface area contributed by atoms with E-state index in [1.54, 1.807) is 10.9 Å². The van der Waals surface area contributed by atoms with Gasteiger partial charge in [-0.15, -0.1) is 0 Å². The number of hydrogen-bond acceptors (Lipinski definition) is 2. The van der Waals surface area contributed by atoms with Crippen molar-refractivity contribution < 1.29 is 0 Å². The van der Waals surface area contributed by atoms with Crippen molar-refractivity contribution in [3.63, 3.8) is 0 Å². The molecule has 2 aromatic carbocycles. The summed E-state index contributed by atoms with van der Waals surface area (Å²) in [5.41, 5.74) is 4.46. The summed E-state index contributed by atoms with van der Waals surface area (Å²) in [6.07, 6.45) is 3.59. The molecule has 0 aliphatic heterocycles. The topological polar surface area (TPSA) is 57.4 Å². The summed E-state index contributed by atoms with van der Waals surface area (Å²) in [7, 11) is 0. The van der Waals surface area contributed by atoms with Gasteiger partial charge in [0.05, 0.1) is 16.8 Å². The van der Waals surface area contributed by atoms with Crippen molar-refractivity contribution >= 4 is 10.9 Å². The average molecular weight is 284 g/mol. The Kier molecular flexibility index (Phi) is 2.77. The first-order valence-corrected chi connectivity index (χ1v) is 6.97. The van der Waals surface area contributed by atoms with E-state index in [4.69, 9.17) is 0 Å². The molecule has 0 saturated carbocycles. The minimum absolute atomic E-state index is 0.616. The van der Waals surface area contributed by atoms with Crippen LogP contribution in [-0.2, 0) is 0 Å². The maximum absolute atomic E-state index is 9.44. The Morgan fingerprint density at radius 3 is 2.64 bits per heavy atom. The second-order valence-electron chi connectivity index (χ2n) is 5.07. The molecule has 0 amide bonds. The minimum atomic E-state index is 0.616. The lowest BCUT2D eigenvalue weighted by atomic mass is 10.1. The van der Waals surface area contributed by atoms with Crippen molar-refractivity contribution in [3.05, 3.63) is 72.6 Å². The van der Waals surface area contributed by atoms with E-state index in [0.717, 1.165) is 27.8 Å². The third-order valence-electron chi connectivity index (χ3n) is 3.69. The Hall–Kier alpha value is -3.32. The van der Waals surface area contributed by atoms with Crippen LogP contribution in [0.4, 0.5) is 0 Å². The summed E-state index contributed by atoms with van der Waals surface area (Å²) in [5.74, 6) is 0. The summed E-state index contributed by atoms with van der Waals surface area (Å²) >= 11 is 0. The van der Waals surface area contributed by atoms with Crippen molar-refractivity contribution in [1.82, 2.24) is 14.8 Å². The Labute approximate surface area is 127 Å². The van der Waals surface area contributed by atoms with E-state index in [1.807, 2.05) is 54.7 Å². The number of hydrogen-bond donors (Lipinski definition) is 1. The third kappa shape index (κ3) is 1.97. The highest BCUT2D eigenvalue weighted by Gasteiger charge is 2.10. The van der Waals surface area contributed by atoms with Gasteiger partial charge >= 0.3 is 0 Å². The van der Waals surface area contributed by atoms with E-state index in [1.165, 1.54) is 0 Å². The maximum atomic E-state index is 9.44. The number of fused-ring (bicyclic) bond motifs is 1. The number of H-pyrrole nitrogens is 1. The fourth-order valence-electron chi connectivity index (χ4n) is 2.64. The van der Waals surface area contributed by atoms with Crippen molar-refractivity contribution in [2.45, 2.75) is 0 Å². The van der Waals surface area contributed by atoms with Crippen molar-refractivity contribution in [3.8, 4) is 23.0 Å². The molecule has 0 fully saturated rings. The molecule has 0 radical (unpaired) electrons. The SMILES string of the molecule is N#Cc1cc(-n2cccn2)cc2cc(-c3ccccc3)[nH]c12. The number of nitriles is 1. The Morgan fingerprint density at radius 1 is 1.05 bits per heavy atom. The number of aromatic nitrogens is 3. The molecular weight excluding hydrogens is 272 g/mol. The van der Waals surface area contributed by atoms with Crippen molar-refractivity contribution in [2.24, 2.45) is 0 Å². The van der Waals surface area contributed by atoms with Crippen LogP contribution in [0, 0.1) is 11.3 Å². The monoisotopic (exact) mass is 284 g/mol. The van der Waals surface area contributed by atoms with Crippen LogP contribution in [0.5, 0.6) is 0 Å². The summed E-state index contributed by atoms with van der Waals surface area (Å²) in [5, 5.41) is 14.7. The van der Waals surface area contributed by atoms with Gasteiger partial charge in [-0.25, -0.2) is 4.68 Å². The van der Waals surface area contributed by atoms with Crippen LogP contribution in [0.15, 0.2) is 67.0 Å². The molecule has 0 atom stereocenters. The normalized spacial score (nSPS) is 10.7. The van der Waals surface area contributed by atoms with Gasteiger partial charge in [0.2, 0.25) is 0 Å². The number of nitrogens with one attached hydrogen (secondary N) is 1. The maximum Gasteiger partial charge on any atom is 0.101 e. The summed E-state index contributed by atoms with van der Waals surface area (Å²) in [4.78, 5) is 3.35. The van der Waals surface area contributed by atoms with Crippen LogP contribution >= 0.6 is 0 Å². The van der Waals surface area contributed by atoms with Gasteiger partial charge in [0.15, 0.2) is 0 Å². The Bertz CT molecular complexity index is 973. The predicted octanol–water partition coefficient (Wildman–Crippen LogP) is 3.89. The van der Waals surface area contributed by atoms with E-state index in [2.05, 4.69) is 22.2 Å². The third-order valence-corrected chi connectivity index (χ3v) is 3.69. The molecule has 1 N–H and O–H groups in total. The highest BCUT2D eigenvalue weighted by atomic mass is 15.3. The fourth-order valence-corrected chi connectivity index (χ4v) is 2.64. The standard InChI is InChI=1S/C18H12N4/c19-12-15-10-16(22-8-4-7-20-22)9-14-11-17(21-18(14)15)13-5-2-1-3-6-13/h1-11,21H. The molecular formula is C18H12N4. The van der Waals surface area contributed by atoms with E-state index >= 15 is 0 Å². The lowest BCUT2D eigenvalue weighted by Gasteiger charge is -2.02. The first-order chi connectivity index (χ1) is 10.8. The van der Waals surface area contributed by atoms with Gasteiger partial charge in [-0.2, -0.15) is 10.4 Å². The number of nitrogens with zero attached hydrogens (tertiary/aromatic N) is 3. The Balaban J connectivity index is 1.94. The van der Waals surface area contributed by atoms with Crippen LogP contribution < -0.4 is 0 Å². The lowest BCUT2D eigenvalue weighted by molar-refractivity contribution is 0.881. The van der Waals surface area contributed by atoms with Crippen LogP contribution in [0.2, 0.25) is 0 Å². The fraction of sp³-hybridized carbons (Fsp3) is 0. The second kappa shape index (κ2) is 4.90. The first-order valence-electron chi connectivity index (χ1n) is 6.97. The highest BCUT2D eigenvalue weighted by Crippen LogP contribution is 2.28. The first kappa shape index (κ1) is 12.4. The molecule has 2 heterocycles. The van der Waals surface area contributed by atoms with E-state index in [0.29, 0.717) is 5.56 Å². The molecule has 4 aromatic rings. The van der Waals surface area contributed by atoms with Crippen LogP contribution in [0.25, 0.3) is 27.8 Å². The van der Waals surface area contributed by atoms with E-state index < -0.39 is 0 Å². The Morgan fingerprint density at radius 2 is 1.91 bits per heavy atom. The zero-order valence-electron chi connectivity index (χ0n) is 11.7. The van der Waals surface area contributed by atoms with Crippen molar-refractivity contribution in [1.29, 1.82) is 5.26 Å². The highest BCUT2D eigenvalue weighted by molar-refractivity contribution is 5.91.